The van der Waals surface area contributed by atoms with Crippen LogP contribution in [0.25, 0.3) is 16.6 Å². The number of benzene rings is 1. The van der Waals surface area contributed by atoms with E-state index in [4.69, 9.17) is 0 Å². The Bertz CT molecular complexity index is 1410. The molecule has 0 bridgehead atoms. The van der Waals surface area contributed by atoms with Gasteiger partial charge in [-0.1, -0.05) is 0 Å². The molecule has 32 heavy (non-hydrogen) atoms. The molecule has 4 rings (SSSR count). The first-order valence-electron chi connectivity index (χ1n) is 9.45. The fourth-order valence-electron chi connectivity index (χ4n) is 3.26. The van der Waals surface area contributed by atoms with Crippen LogP contribution >= 0.6 is 15.9 Å². The van der Waals surface area contributed by atoms with E-state index >= 15 is 0 Å². The average Bonchev–Trinajstić information content (AvgIpc) is 3.09. The van der Waals surface area contributed by atoms with Gasteiger partial charge in [-0.3, -0.25) is 14.3 Å². The summed E-state index contributed by atoms with van der Waals surface area (Å²) in [4.78, 5) is 33.7. The fraction of sp³-hybridized carbons (Fsp3) is 0.250. The third-order valence-corrected chi connectivity index (χ3v) is 5.11. The van der Waals surface area contributed by atoms with Crippen LogP contribution in [0.15, 0.2) is 46.2 Å². The lowest BCUT2D eigenvalue weighted by atomic mass is 10.1. The second-order valence-electron chi connectivity index (χ2n) is 7.37. The number of imidazole rings is 1. The van der Waals surface area contributed by atoms with Gasteiger partial charge in [0.05, 0.1) is 29.9 Å². The minimum atomic E-state index is -4.55. The first-order chi connectivity index (χ1) is 15.0. The maximum Gasteiger partial charge on any atom is 0.416 e. The van der Waals surface area contributed by atoms with Crippen molar-refractivity contribution < 1.29 is 18.0 Å². The third-order valence-electron chi connectivity index (χ3n) is 4.70. The fourth-order valence-corrected chi connectivity index (χ4v) is 3.58. The van der Waals surface area contributed by atoms with Crippen LogP contribution in [0.3, 0.4) is 0 Å². The molecule has 0 radical (unpaired) electrons. The van der Waals surface area contributed by atoms with Crippen LogP contribution < -0.4 is 10.7 Å². The Hall–Kier alpha value is -3.28. The highest BCUT2D eigenvalue weighted by Crippen LogP contribution is 2.31. The number of anilines is 1. The zero-order valence-electron chi connectivity index (χ0n) is 16.8. The molecule has 0 saturated carbocycles. The van der Waals surface area contributed by atoms with Crippen molar-refractivity contribution in [2.75, 3.05) is 5.32 Å². The zero-order chi connectivity index (χ0) is 23.2. The maximum atomic E-state index is 13.1. The number of hydrogen-bond acceptors (Lipinski definition) is 5. The smallest absolute Gasteiger partial charge is 0.309 e. The number of halogens is 4. The van der Waals surface area contributed by atoms with E-state index in [9.17, 15) is 22.8 Å². The highest BCUT2D eigenvalue weighted by Gasteiger charge is 2.31. The molecule has 0 aliphatic heterocycles. The lowest BCUT2D eigenvalue weighted by molar-refractivity contribution is -0.137. The Morgan fingerprint density at radius 2 is 2.00 bits per heavy atom. The average molecular weight is 509 g/mol. The monoisotopic (exact) mass is 508 g/mol. The lowest BCUT2D eigenvalue weighted by Gasteiger charge is -2.16. The quantitative estimate of drug-likeness (QED) is 0.449. The molecule has 0 fully saturated rings. The molecule has 0 aliphatic carbocycles. The Morgan fingerprint density at radius 3 is 2.69 bits per heavy atom. The second kappa shape index (κ2) is 8.01. The van der Waals surface area contributed by atoms with Crippen LogP contribution in [0.1, 0.15) is 31.1 Å². The second-order valence-corrected chi connectivity index (χ2v) is 8.18. The first kappa shape index (κ1) is 21.9. The molecule has 12 heteroatoms. The van der Waals surface area contributed by atoms with Crippen LogP contribution in [-0.2, 0) is 17.4 Å². The zero-order valence-corrected chi connectivity index (χ0v) is 18.4. The van der Waals surface area contributed by atoms with E-state index in [2.05, 4.69) is 36.3 Å². The summed E-state index contributed by atoms with van der Waals surface area (Å²) in [7, 11) is 0. The van der Waals surface area contributed by atoms with Crippen molar-refractivity contribution in [2.45, 2.75) is 32.5 Å². The van der Waals surface area contributed by atoms with Crippen molar-refractivity contribution in [3.8, 4) is 0 Å². The van der Waals surface area contributed by atoms with Crippen molar-refractivity contribution in [1.29, 1.82) is 0 Å². The van der Waals surface area contributed by atoms with Gasteiger partial charge in [0.1, 0.15) is 10.3 Å². The van der Waals surface area contributed by atoms with Gasteiger partial charge in [0.15, 0.2) is 11.5 Å². The SMILES string of the molecule is CC(C)n1nc(CC(=O)Nc2cn3cc(Br)ncc3n2)c(=O)c2ccc(C(F)(F)F)cc21. The summed E-state index contributed by atoms with van der Waals surface area (Å²) in [5, 5.41) is 6.86. The summed E-state index contributed by atoms with van der Waals surface area (Å²) in [5.74, 6) is -0.277. The molecule has 4 aromatic rings. The molecule has 1 aromatic carbocycles. The number of carbonyl (C=O) groups is 1. The molecule has 0 saturated heterocycles. The van der Waals surface area contributed by atoms with Gasteiger partial charge in [0, 0.05) is 17.6 Å². The number of aromatic nitrogens is 5. The number of alkyl halides is 3. The summed E-state index contributed by atoms with van der Waals surface area (Å²) in [6, 6.07) is 2.53. The van der Waals surface area contributed by atoms with E-state index in [1.54, 1.807) is 30.6 Å². The van der Waals surface area contributed by atoms with Gasteiger partial charge < -0.3 is 9.72 Å². The summed E-state index contributed by atoms with van der Waals surface area (Å²) in [6.45, 7) is 3.45. The van der Waals surface area contributed by atoms with E-state index in [1.807, 2.05) is 0 Å². The molecule has 1 N–H and O–H groups in total. The predicted molar refractivity (Wildman–Crippen MR) is 114 cm³/mol. The van der Waals surface area contributed by atoms with Gasteiger partial charge in [0.2, 0.25) is 11.3 Å². The molecule has 0 spiro atoms. The maximum absolute atomic E-state index is 13.1. The minimum absolute atomic E-state index is 0.0578. The van der Waals surface area contributed by atoms with Gasteiger partial charge in [-0.25, -0.2) is 9.97 Å². The lowest BCUT2D eigenvalue weighted by Crippen LogP contribution is -2.25. The van der Waals surface area contributed by atoms with Crippen LogP contribution in [-0.4, -0.2) is 30.1 Å². The Labute approximate surface area is 187 Å². The van der Waals surface area contributed by atoms with Gasteiger partial charge in [-0.05, 0) is 48.0 Å². The van der Waals surface area contributed by atoms with E-state index in [0.717, 1.165) is 18.2 Å². The van der Waals surface area contributed by atoms with E-state index in [0.29, 0.717) is 10.3 Å². The number of carbonyl (C=O) groups excluding carboxylic acids is 1. The summed E-state index contributed by atoms with van der Waals surface area (Å²) in [6.07, 6.45) is -0.152. The molecule has 0 unspecified atom stereocenters. The molecule has 166 valence electrons. The predicted octanol–water partition coefficient (Wildman–Crippen LogP) is 3.98. The highest BCUT2D eigenvalue weighted by atomic mass is 79.9. The Balaban J connectivity index is 1.68. The number of nitrogens with zero attached hydrogens (tertiary/aromatic N) is 5. The summed E-state index contributed by atoms with van der Waals surface area (Å²) < 4.78 is 43.0. The summed E-state index contributed by atoms with van der Waals surface area (Å²) in [5.41, 5.74) is -0.975. The molecular weight excluding hydrogens is 493 g/mol. The van der Waals surface area contributed by atoms with E-state index < -0.39 is 23.1 Å². The van der Waals surface area contributed by atoms with Crippen molar-refractivity contribution in [3.63, 3.8) is 0 Å². The van der Waals surface area contributed by atoms with E-state index in [-0.39, 0.29) is 34.9 Å². The van der Waals surface area contributed by atoms with Crippen molar-refractivity contribution in [3.05, 3.63) is 62.9 Å². The largest absolute Gasteiger partial charge is 0.416 e. The van der Waals surface area contributed by atoms with Crippen LogP contribution in [0, 0.1) is 0 Å². The van der Waals surface area contributed by atoms with Crippen molar-refractivity contribution in [2.24, 2.45) is 0 Å². The highest BCUT2D eigenvalue weighted by molar-refractivity contribution is 9.10. The van der Waals surface area contributed by atoms with Crippen LogP contribution in [0.4, 0.5) is 19.0 Å². The molecule has 0 aliphatic rings. The molecule has 0 atom stereocenters. The first-order valence-corrected chi connectivity index (χ1v) is 10.2. The molecule has 3 heterocycles. The third kappa shape index (κ3) is 4.22. The number of hydrogen-bond donors (Lipinski definition) is 1. The molecule has 8 nitrogen and oxygen atoms in total. The molecule has 3 aromatic heterocycles. The van der Waals surface area contributed by atoms with Crippen molar-refractivity contribution in [1.82, 2.24) is 24.1 Å². The summed E-state index contributed by atoms with van der Waals surface area (Å²) >= 11 is 3.24. The number of rotatable bonds is 4. The van der Waals surface area contributed by atoms with Crippen LogP contribution in [0.2, 0.25) is 0 Å². The topological polar surface area (TPSA) is 94.2 Å². The van der Waals surface area contributed by atoms with Gasteiger partial charge in [-0.15, -0.1) is 0 Å². The number of fused-ring (bicyclic) bond motifs is 2. The Kier molecular flexibility index (Phi) is 5.49. The van der Waals surface area contributed by atoms with Gasteiger partial charge in [0.25, 0.3) is 0 Å². The number of nitrogens with one attached hydrogen (secondary N) is 1. The van der Waals surface area contributed by atoms with Crippen LogP contribution in [0.5, 0.6) is 0 Å². The van der Waals surface area contributed by atoms with Gasteiger partial charge in [-0.2, -0.15) is 18.3 Å². The van der Waals surface area contributed by atoms with Crippen molar-refractivity contribution >= 4 is 44.2 Å². The Morgan fingerprint density at radius 1 is 1.25 bits per heavy atom. The van der Waals surface area contributed by atoms with E-state index in [1.165, 1.54) is 10.9 Å². The van der Waals surface area contributed by atoms with Gasteiger partial charge >= 0.3 is 6.18 Å². The molecular formula is C20H16BrF3N6O2. The minimum Gasteiger partial charge on any atom is -0.309 e. The standard InChI is InChI=1S/C20H16BrF3N6O2/c1-10(2)30-14-5-11(20(22,23)24)3-4-12(14)19(32)13(28-30)6-18(31)27-16-9-29-8-15(21)25-7-17(29)26-16/h3-5,7-10H,6H2,1-2H3,(H,27,31). The number of amides is 1. The normalized spacial score (nSPS) is 12.1. The molecule has 1 amide bonds.